The van der Waals surface area contributed by atoms with Crippen LogP contribution in [0, 0.1) is 45.3 Å². The van der Waals surface area contributed by atoms with Crippen LogP contribution in [-0.2, 0) is 10.8 Å². The van der Waals surface area contributed by atoms with Crippen LogP contribution in [0.3, 0.4) is 0 Å². The molecule has 0 unspecified atom stereocenters. The van der Waals surface area contributed by atoms with Crippen LogP contribution in [-0.4, -0.2) is 23.1 Å². The van der Waals surface area contributed by atoms with Gasteiger partial charge < -0.3 is 0 Å². The van der Waals surface area contributed by atoms with Crippen LogP contribution in [0.15, 0.2) is 47.5 Å². The number of allylic oxidation sites excluding steroid dienone is 4. The van der Waals surface area contributed by atoms with Gasteiger partial charge in [0.1, 0.15) is 24.3 Å². The van der Waals surface area contributed by atoms with Gasteiger partial charge in [-0.05, 0) is 70.8 Å². The minimum absolute atomic E-state index is 0.00810. The Morgan fingerprint density at radius 3 is 1.38 bits per heavy atom. The molecule has 0 N–H and O–H groups in total. The van der Waals surface area contributed by atoms with E-state index in [0.717, 1.165) is 29.6 Å². The number of nitriles is 4. The molecule has 11 heteroatoms. The molecule has 0 atom stereocenters. The molecule has 2 aromatic carbocycles. The van der Waals surface area contributed by atoms with Crippen molar-refractivity contribution in [1.82, 2.24) is 0 Å². The number of fused-ring (bicyclic) bond motifs is 8. The molecule has 53 heavy (non-hydrogen) atoms. The number of rotatable bonds is 2. The van der Waals surface area contributed by atoms with Gasteiger partial charge in [-0.15, -0.1) is 34.0 Å². The van der Waals surface area contributed by atoms with Gasteiger partial charge in [0.25, 0.3) is 0 Å². The molecule has 3 aromatic heterocycles. The van der Waals surface area contributed by atoms with Crippen LogP contribution in [0.1, 0.15) is 122 Å². The van der Waals surface area contributed by atoms with E-state index in [9.17, 15) is 40.2 Å². The van der Waals surface area contributed by atoms with E-state index in [1.165, 1.54) is 68.5 Å². The number of hydrogen-bond acceptors (Lipinski definition) is 11. The quantitative estimate of drug-likeness (QED) is 0.128. The van der Waals surface area contributed by atoms with Crippen molar-refractivity contribution in [3.63, 3.8) is 0 Å². The highest BCUT2D eigenvalue weighted by atomic mass is 32.1. The zero-order valence-corrected chi connectivity index (χ0v) is 30.7. The second-order valence-corrected chi connectivity index (χ2v) is 17.5. The molecule has 0 amide bonds. The van der Waals surface area contributed by atoms with Crippen molar-refractivity contribution in [2.24, 2.45) is 0 Å². The van der Waals surface area contributed by atoms with E-state index >= 15 is 0 Å². The summed E-state index contributed by atoms with van der Waals surface area (Å²) in [6.07, 6.45) is 3.24. The molecule has 3 heterocycles. The number of ketones is 4. The highest BCUT2D eigenvalue weighted by Crippen LogP contribution is 2.67. The van der Waals surface area contributed by atoms with E-state index in [-0.39, 0.29) is 61.1 Å². The molecule has 0 spiro atoms. The molecule has 9 rings (SSSR count). The third-order valence-electron chi connectivity index (χ3n) is 10.7. The van der Waals surface area contributed by atoms with Gasteiger partial charge in [0, 0.05) is 57.3 Å². The Morgan fingerprint density at radius 2 is 0.943 bits per heavy atom. The molecule has 0 bridgehead atoms. The van der Waals surface area contributed by atoms with Gasteiger partial charge >= 0.3 is 0 Å². The lowest BCUT2D eigenvalue weighted by Crippen LogP contribution is -2.16. The number of hydrogen-bond donors (Lipinski definition) is 0. The Labute approximate surface area is 314 Å². The van der Waals surface area contributed by atoms with Crippen molar-refractivity contribution in [2.45, 2.75) is 38.5 Å². The van der Waals surface area contributed by atoms with E-state index in [0.29, 0.717) is 0 Å². The van der Waals surface area contributed by atoms with E-state index in [4.69, 9.17) is 0 Å². The summed E-state index contributed by atoms with van der Waals surface area (Å²) in [7, 11) is 0. The maximum absolute atomic E-state index is 13.4. The Hall–Kier alpha value is -6.34. The lowest BCUT2D eigenvalue weighted by Gasteiger charge is -2.24. The van der Waals surface area contributed by atoms with Crippen LogP contribution in [0.25, 0.3) is 32.7 Å². The van der Waals surface area contributed by atoms with Crippen molar-refractivity contribution in [2.75, 3.05) is 0 Å². The lowest BCUT2D eigenvalue weighted by atomic mass is 9.80. The molecule has 0 aliphatic heterocycles. The maximum atomic E-state index is 13.4. The van der Waals surface area contributed by atoms with Gasteiger partial charge in [-0.25, -0.2) is 0 Å². The van der Waals surface area contributed by atoms with Gasteiger partial charge in [0.15, 0.2) is 23.1 Å². The minimum Gasteiger partial charge on any atom is -0.288 e. The molecule has 8 nitrogen and oxygen atoms in total. The SMILES string of the molecule is CC1(C)C2=C(c3sc(C=C4C(=O)c5cc(C#N)c(C#N)cc5C4=O)cc31)C(C)(C)c1c2sc2cc(C=C3C(=O)c4cc(C#N)c(C#N)cc4C3=O)sc12. The maximum Gasteiger partial charge on any atom is 0.197 e. The van der Waals surface area contributed by atoms with Crippen LogP contribution in [0.4, 0.5) is 0 Å². The van der Waals surface area contributed by atoms with Gasteiger partial charge in [0.2, 0.25) is 0 Å². The summed E-state index contributed by atoms with van der Waals surface area (Å²) in [4.78, 5) is 57.4. The summed E-state index contributed by atoms with van der Waals surface area (Å²) in [6.45, 7) is 8.76. The molecule has 5 aromatic rings. The second-order valence-electron chi connectivity index (χ2n) is 14.3. The molecule has 4 aliphatic carbocycles. The number of nitrogens with zero attached hydrogens (tertiary/aromatic N) is 4. The first-order valence-corrected chi connectivity index (χ1v) is 18.8. The molecule has 0 fully saturated rings. The predicted octanol–water partition coefficient (Wildman–Crippen LogP) is 8.93. The van der Waals surface area contributed by atoms with Crippen molar-refractivity contribution in [3.05, 3.63) is 123 Å². The monoisotopic (exact) mass is 740 g/mol. The average molecular weight is 741 g/mol. The van der Waals surface area contributed by atoms with Crippen molar-refractivity contribution >= 4 is 89.8 Å². The standard InChI is InChI=1S/C42H20N4O4S3/c1-41(2)29-11-21(9-27-34(47)23-5-17(13-43)18(14-44)6-24(23)35(27)48)51-38(29)31-32(41)40-33(42(31,3)4)39-30(53-40)12-22(52-39)10-28-36(49)25-7-19(15-45)20(16-46)8-26(25)37(28)50/h5-12H,1-4H3. The van der Waals surface area contributed by atoms with Gasteiger partial charge in [-0.3, -0.25) is 19.2 Å². The van der Waals surface area contributed by atoms with Crippen LogP contribution in [0.2, 0.25) is 0 Å². The van der Waals surface area contributed by atoms with Crippen LogP contribution >= 0.6 is 34.0 Å². The number of Topliss-reactive ketones (excluding diaryl/α,β-unsaturated/α-hetero) is 4. The molecule has 0 radical (unpaired) electrons. The zero-order chi connectivity index (χ0) is 37.5. The van der Waals surface area contributed by atoms with E-state index in [1.807, 2.05) is 30.3 Å². The highest BCUT2D eigenvalue weighted by molar-refractivity contribution is 7.29. The number of carbonyl (C=O) groups excluding carboxylic acids is 4. The van der Waals surface area contributed by atoms with Crippen molar-refractivity contribution < 1.29 is 19.2 Å². The number of benzene rings is 2. The first-order valence-electron chi connectivity index (χ1n) is 16.3. The van der Waals surface area contributed by atoms with Crippen LogP contribution < -0.4 is 0 Å². The molecule has 0 saturated carbocycles. The van der Waals surface area contributed by atoms with Gasteiger partial charge in [-0.2, -0.15) is 21.0 Å². The highest BCUT2D eigenvalue weighted by Gasteiger charge is 2.53. The molecule has 4 aliphatic rings. The Kier molecular flexibility index (Phi) is 6.52. The second kappa shape index (κ2) is 10.6. The first-order chi connectivity index (χ1) is 25.2. The topological polar surface area (TPSA) is 163 Å². The first kappa shape index (κ1) is 32.6. The summed E-state index contributed by atoms with van der Waals surface area (Å²) >= 11 is 4.74. The van der Waals surface area contributed by atoms with Crippen molar-refractivity contribution in [1.29, 1.82) is 21.0 Å². The van der Waals surface area contributed by atoms with Gasteiger partial charge in [-0.1, -0.05) is 27.7 Å². The number of thiophene rings is 3. The van der Waals surface area contributed by atoms with E-state index < -0.39 is 28.5 Å². The van der Waals surface area contributed by atoms with Gasteiger partial charge in [0.05, 0.1) is 38.1 Å². The van der Waals surface area contributed by atoms with E-state index in [2.05, 4.69) is 33.8 Å². The van der Waals surface area contributed by atoms with Crippen molar-refractivity contribution in [3.8, 4) is 24.3 Å². The largest absolute Gasteiger partial charge is 0.288 e. The normalized spacial score (nSPS) is 16.9. The fourth-order valence-electron chi connectivity index (χ4n) is 8.19. The molecule has 250 valence electrons. The predicted molar refractivity (Wildman–Crippen MR) is 202 cm³/mol. The molecular formula is C42H20N4O4S3. The zero-order valence-electron chi connectivity index (χ0n) is 28.3. The number of carbonyl (C=O) groups is 4. The molecule has 0 saturated heterocycles. The smallest absolute Gasteiger partial charge is 0.197 e. The third kappa shape index (κ3) is 4.10. The fraction of sp³-hybridized carbons (Fsp3) is 0.143. The average Bonchev–Trinajstić information content (AvgIpc) is 3.97. The summed E-state index contributed by atoms with van der Waals surface area (Å²) in [5, 5.41) is 37.8. The van der Waals surface area contributed by atoms with E-state index in [1.54, 1.807) is 23.5 Å². The third-order valence-corrected chi connectivity index (χ3v) is 14.2. The summed E-state index contributed by atoms with van der Waals surface area (Å²) < 4.78 is 2.13. The lowest BCUT2D eigenvalue weighted by molar-refractivity contribution is 0.0975. The Bertz CT molecular complexity index is 2910. The molecular weight excluding hydrogens is 721 g/mol. The minimum atomic E-state index is -0.463. The summed E-state index contributed by atoms with van der Waals surface area (Å²) in [5.74, 6) is -1.85. The summed E-state index contributed by atoms with van der Waals surface area (Å²) in [5.41, 5.74) is 4.74. The fourth-order valence-corrected chi connectivity index (χ4v) is 12.8. The Balaban J connectivity index is 1.08. The van der Waals surface area contributed by atoms with Crippen LogP contribution in [0.5, 0.6) is 0 Å². The Morgan fingerprint density at radius 1 is 0.528 bits per heavy atom. The summed E-state index contributed by atoms with van der Waals surface area (Å²) in [6, 6.07) is 17.1.